The van der Waals surface area contributed by atoms with Gasteiger partial charge in [-0.3, -0.25) is 0 Å². The molecule has 0 fully saturated rings. The molecule has 1 aromatic carbocycles. The summed E-state index contributed by atoms with van der Waals surface area (Å²) in [4.78, 5) is 8.37. The topological polar surface area (TPSA) is 61.0 Å². The molecule has 2 aromatic rings. The fraction of sp³-hybridized carbons (Fsp3) is 0.231. The van der Waals surface area contributed by atoms with E-state index in [1.807, 2.05) is 6.92 Å². The van der Waals surface area contributed by atoms with Gasteiger partial charge in [-0.15, -0.1) is 0 Å². The Morgan fingerprint density at radius 2 is 2.11 bits per heavy atom. The maximum absolute atomic E-state index is 13.2. The van der Waals surface area contributed by atoms with Gasteiger partial charge in [-0.2, -0.15) is 0 Å². The third-order valence-corrected chi connectivity index (χ3v) is 2.35. The highest BCUT2D eigenvalue weighted by atomic mass is 19.1. The van der Waals surface area contributed by atoms with Crippen LogP contribution in [0.5, 0.6) is 0 Å². The molecule has 0 unspecified atom stereocenters. The normalized spacial score (nSPS) is 10.6. The molecule has 2 N–H and O–H groups in total. The predicted octanol–water partition coefficient (Wildman–Crippen LogP) is 2.40. The Kier molecular flexibility index (Phi) is 3.84. The van der Waals surface area contributed by atoms with Crippen LogP contribution in [0.15, 0.2) is 30.3 Å². The van der Waals surface area contributed by atoms with E-state index < -0.39 is 0 Å². The van der Waals surface area contributed by atoms with Crippen LogP contribution in [0.4, 0.5) is 10.2 Å². The smallest absolute Gasteiger partial charge is 0.157 e. The molecule has 0 atom stereocenters. The van der Waals surface area contributed by atoms with Gasteiger partial charge in [-0.05, 0) is 19.1 Å². The fourth-order valence-electron chi connectivity index (χ4n) is 1.57. The molecule has 1 aromatic heterocycles. The van der Waals surface area contributed by atoms with Crippen LogP contribution < -0.4 is 5.73 Å². The van der Waals surface area contributed by atoms with Gasteiger partial charge in [0.1, 0.15) is 18.2 Å². The van der Waals surface area contributed by atoms with E-state index in [1.54, 1.807) is 18.2 Å². The van der Waals surface area contributed by atoms with Crippen molar-refractivity contribution < 1.29 is 9.13 Å². The van der Waals surface area contributed by atoms with E-state index in [-0.39, 0.29) is 5.82 Å². The number of rotatable bonds is 4. The molecular weight excluding hydrogens is 233 g/mol. The number of halogens is 1. The molecule has 5 heteroatoms. The van der Waals surface area contributed by atoms with Crippen LogP contribution in [0.25, 0.3) is 11.3 Å². The quantitative estimate of drug-likeness (QED) is 0.901. The van der Waals surface area contributed by atoms with E-state index in [0.717, 1.165) is 0 Å². The van der Waals surface area contributed by atoms with E-state index in [4.69, 9.17) is 10.5 Å². The third kappa shape index (κ3) is 3.01. The lowest BCUT2D eigenvalue weighted by Crippen LogP contribution is -2.03. The van der Waals surface area contributed by atoms with Gasteiger partial charge in [-0.25, -0.2) is 14.4 Å². The van der Waals surface area contributed by atoms with Gasteiger partial charge in [-0.1, -0.05) is 12.1 Å². The number of benzene rings is 1. The van der Waals surface area contributed by atoms with E-state index >= 15 is 0 Å². The summed E-state index contributed by atoms with van der Waals surface area (Å²) >= 11 is 0. The summed E-state index contributed by atoms with van der Waals surface area (Å²) < 4.78 is 18.4. The minimum Gasteiger partial charge on any atom is -0.384 e. The van der Waals surface area contributed by atoms with Crippen molar-refractivity contribution in [3.8, 4) is 11.3 Å². The van der Waals surface area contributed by atoms with Crippen molar-refractivity contribution >= 4 is 5.82 Å². The number of nitrogens with two attached hydrogens (primary N) is 1. The first kappa shape index (κ1) is 12.4. The van der Waals surface area contributed by atoms with Crippen molar-refractivity contribution in [3.63, 3.8) is 0 Å². The zero-order valence-corrected chi connectivity index (χ0v) is 10.1. The molecule has 18 heavy (non-hydrogen) atoms. The molecule has 0 radical (unpaired) electrons. The third-order valence-electron chi connectivity index (χ3n) is 2.35. The van der Waals surface area contributed by atoms with Gasteiger partial charge in [0.05, 0.1) is 5.69 Å². The summed E-state index contributed by atoms with van der Waals surface area (Å²) in [5.41, 5.74) is 6.97. The van der Waals surface area contributed by atoms with Gasteiger partial charge in [0, 0.05) is 18.2 Å². The first-order chi connectivity index (χ1) is 8.69. The summed E-state index contributed by atoms with van der Waals surface area (Å²) in [7, 11) is 0. The molecule has 94 valence electrons. The minimum absolute atomic E-state index is 0.295. The van der Waals surface area contributed by atoms with Crippen LogP contribution in [-0.2, 0) is 11.3 Å². The number of nitrogen functional groups attached to an aromatic ring is 1. The lowest BCUT2D eigenvalue weighted by atomic mass is 10.1. The predicted molar refractivity (Wildman–Crippen MR) is 67.2 cm³/mol. The van der Waals surface area contributed by atoms with Crippen molar-refractivity contribution in [1.29, 1.82) is 0 Å². The first-order valence-corrected chi connectivity index (χ1v) is 5.66. The van der Waals surface area contributed by atoms with Gasteiger partial charge in [0.25, 0.3) is 0 Å². The van der Waals surface area contributed by atoms with Crippen molar-refractivity contribution in [2.24, 2.45) is 0 Å². The molecular formula is C13H14FN3O. The number of aromatic nitrogens is 2. The largest absolute Gasteiger partial charge is 0.384 e. The summed E-state index contributed by atoms with van der Waals surface area (Å²) in [6.07, 6.45) is 0. The summed E-state index contributed by atoms with van der Waals surface area (Å²) in [6, 6.07) is 7.81. The molecule has 0 amide bonds. The summed E-state index contributed by atoms with van der Waals surface area (Å²) in [5.74, 6) is 0.533. The van der Waals surface area contributed by atoms with Gasteiger partial charge in [0.15, 0.2) is 5.82 Å². The highest BCUT2D eigenvalue weighted by molar-refractivity contribution is 5.61. The van der Waals surface area contributed by atoms with Crippen molar-refractivity contribution in [2.75, 3.05) is 12.3 Å². The van der Waals surface area contributed by atoms with E-state index in [2.05, 4.69) is 9.97 Å². The minimum atomic E-state index is -0.309. The van der Waals surface area contributed by atoms with Crippen molar-refractivity contribution in [2.45, 2.75) is 13.5 Å². The molecule has 0 spiro atoms. The van der Waals surface area contributed by atoms with E-state index in [9.17, 15) is 4.39 Å². The average molecular weight is 247 g/mol. The first-order valence-electron chi connectivity index (χ1n) is 5.66. The number of nitrogens with zero attached hydrogens (tertiary/aromatic N) is 2. The zero-order valence-electron chi connectivity index (χ0n) is 10.1. The maximum Gasteiger partial charge on any atom is 0.157 e. The van der Waals surface area contributed by atoms with Crippen LogP contribution in [0.1, 0.15) is 12.7 Å². The van der Waals surface area contributed by atoms with Gasteiger partial charge < -0.3 is 10.5 Å². The lowest BCUT2D eigenvalue weighted by Gasteiger charge is -2.06. The Balaban J connectivity index is 2.35. The van der Waals surface area contributed by atoms with Crippen LogP contribution in [-0.4, -0.2) is 16.6 Å². The van der Waals surface area contributed by atoms with Crippen LogP contribution in [0, 0.1) is 5.82 Å². The van der Waals surface area contributed by atoms with Crippen LogP contribution >= 0.6 is 0 Å². The molecule has 2 rings (SSSR count). The van der Waals surface area contributed by atoms with Crippen LogP contribution in [0.2, 0.25) is 0 Å². The maximum atomic E-state index is 13.2. The molecule has 1 heterocycles. The highest BCUT2D eigenvalue weighted by Crippen LogP contribution is 2.19. The van der Waals surface area contributed by atoms with Gasteiger partial charge in [0.2, 0.25) is 0 Å². The molecule has 0 bridgehead atoms. The molecule has 0 saturated heterocycles. The fourth-order valence-corrected chi connectivity index (χ4v) is 1.57. The second-order valence-corrected chi connectivity index (χ2v) is 3.74. The van der Waals surface area contributed by atoms with Crippen molar-refractivity contribution in [1.82, 2.24) is 9.97 Å². The average Bonchev–Trinajstić information content (AvgIpc) is 2.36. The molecule has 0 aliphatic heterocycles. The second kappa shape index (κ2) is 5.55. The molecule has 0 saturated carbocycles. The zero-order chi connectivity index (χ0) is 13.0. The van der Waals surface area contributed by atoms with Gasteiger partial charge >= 0.3 is 0 Å². The summed E-state index contributed by atoms with van der Waals surface area (Å²) in [5, 5.41) is 0. The number of ether oxygens (including phenoxy) is 1. The standard InChI is InChI=1S/C13H14FN3O/c1-2-18-8-13-16-11(7-12(15)17-13)9-4-3-5-10(14)6-9/h3-7H,2,8H2,1H3,(H2,15,16,17). The Hall–Kier alpha value is -2.01. The second-order valence-electron chi connectivity index (χ2n) is 3.74. The Morgan fingerprint density at radius 1 is 1.28 bits per heavy atom. The number of hydrogen-bond acceptors (Lipinski definition) is 4. The number of anilines is 1. The summed E-state index contributed by atoms with van der Waals surface area (Å²) in [6.45, 7) is 2.76. The number of hydrogen-bond donors (Lipinski definition) is 1. The monoisotopic (exact) mass is 247 g/mol. The molecule has 0 aliphatic rings. The van der Waals surface area contributed by atoms with Crippen molar-refractivity contribution in [3.05, 3.63) is 42.0 Å². The SMILES string of the molecule is CCOCc1nc(N)cc(-c2cccc(F)c2)n1. The Labute approximate surface area is 105 Å². The van der Waals surface area contributed by atoms with Crippen LogP contribution in [0.3, 0.4) is 0 Å². The lowest BCUT2D eigenvalue weighted by molar-refractivity contribution is 0.128. The Morgan fingerprint density at radius 3 is 2.83 bits per heavy atom. The highest BCUT2D eigenvalue weighted by Gasteiger charge is 2.06. The van der Waals surface area contributed by atoms with E-state index in [1.165, 1.54) is 12.1 Å². The Bertz CT molecular complexity index is 546. The molecule has 0 aliphatic carbocycles. The van der Waals surface area contributed by atoms with E-state index in [0.29, 0.717) is 36.1 Å². The molecule has 4 nitrogen and oxygen atoms in total.